The Morgan fingerprint density at radius 2 is 1.78 bits per heavy atom. The van der Waals surface area contributed by atoms with Crippen LogP contribution in [-0.2, 0) is 4.79 Å². The molecular weight excluding hydrogens is 253 g/mol. The van der Waals surface area contributed by atoms with E-state index in [0.717, 1.165) is 31.2 Å². The van der Waals surface area contributed by atoms with Crippen molar-refractivity contribution in [3.8, 4) is 0 Å². The Balaban J connectivity index is 1.89. The molecule has 0 saturated carbocycles. The molecule has 2 heterocycles. The van der Waals surface area contributed by atoms with Gasteiger partial charge >= 0.3 is 0 Å². The molecule has 1 aromatic rings. The lowest BCUT2D eigenvalue weighted by Crippen LogP contribution is -2.46. The monoisotopic (exact) mass is 267 g/mol. The molecule has 18 heavy (non-hydrogen) atoms. The van der Waals surface area contributed by atoms with Gasteiger partial charge in [-0.15, -0.1) is 11.6 Å². The summed E-state index contributed by atoms with van der Waals surface area (Å²) in [5, 5.41) is -0.387. The van der Waals surface area contributed by atoms with Crippen LogP contribution in [0.1, 0.15) is 37.3 Å². The highest BCUT2D eigenvalue weighted by Gasteiger charge is 2.42. The van der Waals surface area contributed by atoms with Crippen molar-refractivity contribution in [2.45, 2.75) is 43.1 Å². The van der Waals surface area contributed by atoms with Gasteiger partial charge in [0, 0.05) is 6.04 Å². The molecule has 1 unspecified atom stereocenters. The second kappa shape index (κ2) is 4.54. The van der Waals surface area contributed by atoms with Gasteiger partial charge in [-0.05, 0) is 43.4 Å². The summed E-state index contributed by atoms with van der Waals surface area (Å²) < 4.78 is 12.9. The van der Waals surface area contributed by atoms with E-state index in [1.54, 1.807) is 12.1 Å². The second-order valence-corrected chi connectivity index (χ2v) is 5.62. The Morgan fingerprint density at radius 3 is 2.50 bits per heavy atom. The smallest absolute Gasteiger partial charge is 0.241 e. The first-order valence-electron chi connectivity index (χ1n) is 6.38. The number of carbonyl (C=O) groups is 1. The summed E-state index contributed by atoms with van der Waals surface area (Å²) >= 11 is 6.06. The third kappa shape index (κ3) is 1.91. The molecule has 2 aliphatic heterocycles. The molecule has 2 saturated heterocycles. The van der Waals surface area contributed by atoms with E-state index in [9.17, 15) is 9.18 Å². The number of halogens is 2. The highest BCUT2D eigenvalue weighted by Crippen LogP contribution is 2.41. The molecule has 4 heteroatoms. The van der Waals surface area contributed by atoms with Crippen LogP contribution in [0.2, 0.25) is 0 Å². The van der Waals surface area contributed by atoms with E-state index in [2.05, 4.69) is 0 Å². The third-order valence-electron chi connectivity index (χ3n) is 4.03. The number of hydrogen-bond donors (Lipinski definition) is 0. The molecule has 96 valence electrons. The zero-order valence-corrected chi connectivity index (χ0v) is 10.7. The van der Waals surface area contributed by atoms with E-state index in [-0.39, 0.29) is 23.1 Å². The fourth-order valence-electron chi connectivity index (χ4n) is 3.14. The quantitative estimate of drug-likeness (QED) is 0.715. The number of amides is 1. The molecule has 2 nitrogen and oxygen atoms in total. The fraction of sp³-hybridized carbons (Fsp3) is 0.500. The first-order valence-corrected chi connectivity index (χ1v) is 6.82. The molecule has 3 rings (SSSR count). The second-order valence-electron chi connectivity index (χ2n) is 5.09. The fourth-order valence-corrected chi connectivity index (χ4v) is 3.37. The molecule has 0 aromatic heterocycles. The summed E-state index contributed by atoms with van der Waals surface area (Å²) in [6, 6.07) is 6.85. The van der Waals surface area contributed by atoms with Crippen molar-refractivity contribution >= 4 is 17.5 Å². The minimum Gasteiger partial charge on any atom is -0.331 e. The maximum Gasteiger partial charge on any atom is 0.241 e. The maximum absolute atomic E-state index is 12.9. The van der Waals surface area contributed by atoms with Gasteiger partial charge < -0.3 is 4.90 Å². The Hall–Kier alpha value is -1.09. The lowest BCUT2D eigenvalue weighted by Gasteiger charge is -2.36. The van der Waals surface area contributed by atoms with Crippen LogP contribution < -0.4 is 0 Å². The molecule has 0 N–H and O–H groups in total. The summed E-state index contributed by atoms with van der Waals surface area (Å²) in [5.74, 6) is -0.201. The van der Waals surface area contributed by atoms with Gasteiger partial charge in [-0.2, -0.15) is 0 Å². The van der Waals surface area contributed by atoms with Crippen LogP contribution in [0.15, 0.2) is 24.3 Å². The van der Waals surface area contributed by atoms with Crippen LogP contribution >= 0.6 is 11.6 Å². The van der Waals surface area contributed by atoms with E-state index in [1.807, 2.05) is 4.90 Å². The predicted octanol–water partition coefficient (Wildman–Crippen LogP) is 3.26. The van der Waals surface area contributed by atoms with Gasteiger partial charge in [0.1, 0.15) is 11.2 Å². The molecule has 1 amide bonds. The molecule has 2 fully saturated rings. The summed E-state index contributed by atoms with van der Waals surface area (Å²) in [7, 11) is 0. The van der Waals surface area contributed by atoms with Crippen LogP contribution in [0.3, 0.4) is 0 Å². The first kappa shape index (κ1) is 12.0. The number of rotatable bonds is 1. The van der Waals surface area contributed by atoms with Gasteiger partial charge in [0.2, 0.25) is 5.91 Å². The van der Waals surface area contributed by atoms with Gasteiger partial charge in [0.25, 0.3) is 0 Å². The number of alkyl halides is 1. The Labute approximate surface area is 111 Å². The average molecular weight is 268 g/mol. The number of carbonyl (C=O) groups excluding carboxylic acids is 1. The van der Waals surface area contributed by atoms with Crippen molar-refractivity contribution in [1.29, 1.82) is 0 Å². The Bertz CT molecular complexity index is 461. The van der Waals surface area contributed by atoms with Crippen molar-refractivity contribution in [1.82, 2.24) is 4.90 Å². The van der Waals surface area contributed by atoms with Crippen molar-refractivity contribution in [3.05, 3.63) is 35.6 Å². The topological polar surface area (TPSA) is 20.3 Å². The van der Waals surface area contributed by atoms with E-state index < -0.39 is 0 Å². The average Bonchev–Trinajstić information content (AvgIpc) is 2.79. The Morgan fingerprint density at radius 1 is 1.11 bits per heavy atom. The summed E-state index contributed by atoms with van der Waals surface area (Å²) in [6.07, 6.45) is 3.73. The van der Waals surface area contributed by atoms with Gasteiger partial charge in [-0.3, -0.25) is 4.79 Å². The van der Waals surface area contributed by atoms with Crippen LogP contribution in [0.25, 0.3) is 0 Å². The largest absolute Gasteiger partial charge is 0.331 e. The number of fused-ring (bicyclic) bond motifs is 1. The first-order chi connectivity index (χ1) is 8.66. The summed E-state index contributed by atoms with van der Waals surface area (Å²) in [4.78, 5) is 14.1. The standard InChI is InChI=1S/C14H15ClFNO/c15-12-7-5-11-6-8-13(17(11)14(12)18)9-1-3-10(16)4-2-9/h1-4,11-13H,5-8H2/t11-,12?,13+/m0/s1. The predicted molar refractivity (Wildman–Crippen MR) is 67.9 cm³/mol. The van der Waals surface area contributed by atoms with Gasteiger partial charge in [-0.1, -0.05) is 12.1 Å². The van der Waals surface area contributed by atoms with Gasteiger partial charge in [0.15, 0.2) is 0 Å². The minimum atomic E-state index is -0.387. The summed E-state index contributed by atoms with van der Waals surface area (Å²) in [5.41, 5.74) is 1.01. The van der Waals surface area contributed by atoms with Gasteiger partial charge in [0.05, 0.1) is 6.04 Å². The maximum atomic E-state index is 12.9. The number of nitrogens with zero attached hydrogens (tertiary/aromatic N) is 1. The zero-order valence-electron chi connectivity index (χ0n) is 9.98. The zero-order chi connectivity index (χ0) is 12.7. The molecule has 0 aliphatic carbocycles. The van der Waals surface area contributed by atoms with Crippen molar-refractivity contribution in [2.75, 3.05) is 0 Å². The summed E-state index contributed by atoms with van der Waals surface area (Å²) in [6.45, 7) is 0. The van der Waals surface area contributed by atoms with E-state index in [4.69, 9.17) is 11.6 Å². The van der Waals surface area contributed by atoms with Crippen molar-refractivity contribution in [2.24, 2.45) is 0 Å². The number of hydrogen-bond acceptors (Lipinski definition) is 1. The minimum absolute atomic E-state index is 0.0414. The van der Waals surface area contributed by atoms with E-state index in [0.29, 0.717) is 6.04 Å². The van der Waals surface area contributed by atoms with E-state index in [1.165, 1.54) is 12.1 Å². The van der Waals surface area contributed by atoms with Crippen molar-refractivity contribution in [3.63, 3.8) is 0 Å². The van der Waals surface area contributed by atoms with E-state index >= 15 is 0 Å². The van der Waals surface area contributed by atoms with Gasteiger partial charge in [-0.25, -0.2) is 4.39 Å². The normalized spacial score (nSPS) is 31.6. The number of benzene rings is 1. The highest BCUT2D eigenvalue weighted by molar-refractivity contribution is 6.30. The SMILES string of the molecule is O=C1C(Cl)CC[C@H]2CC[C@H](c3ccc(F)cc3)N12. The van der Waals surface area contributed by atoms with Crippen LogP contribution in [-0.4, -0.2) is 22.2 Å². The molecule has 0 bridgehead atoms. The van der Waals surface area contributed by atoms with Crippen LogP contribution in [0.5, 0.6) is 0 Å². The molecule has 3 atom stereocenters. The third-order valence-corrected chi connectivity index (χ3v) is 4.44. The molecule has 0 radical (unpaired) electrons. The Kier molecular flexibility index (Phi) is 3.02. The molecule has 0 spiro atoms. The molecule has 2 aliphatic rings. The molecular formula is C14H15ClFNO. The lowest BCUT2D eigenvalue weighted by atomic mass is 10.0. The van der Waals surface area contributed by atoms with Crippen LogP contribution in [0, 0.1) is 5.82 Å². The lowest BCUT2D eigenvalue weighted by molar-refractivity contribution is -0.136. The molecule has 1 aromatic carbocycles. The number of piperidine rings is 1. The highest BCUT2D eigenvalue weighted by atomic mass is 35.5. The van der Waals surface area contributed by atoms with Crippen molar-refractivity contribution < 1.29 is 9.18 Å². The van der Waals surface area contributed by atoms with Crippen LogP contribution in [0.4, 0.5) is 4.39 Å².